The van der Waals surface area contributed by atoms with E-state index in [0.29, 0.717) is 44.2 Å². The smallest absolute Gasteiger partial charge is 0.204 e. The zero-order chi connectivity index (χ0) is 36.7. The third kappa shape index (κ3) is 4.51. The van der Waals surface area contributed by atoms with Gasteiger partial charge in [0, 0.05) is 43.4 Å². The Morgan fingerprint density at radius 3 is 1.23 bits per heavy atom. The Kier molecular flexibility index (Phi) is 6.83. The second-order valence-corrected chi connectivity index (χ2v) is 12.8. The Bertz CT molecular complexity index is 2830. The average Bonchev–Trinajstić information content (AvgIpc) is 3.59. The molecule has 9 aromatic rings. The van der Waals surface area contributed by atoms with Gasteiger partial charge in [-0.3, -0.25) is 0 Å². The molecule has 8 aromatic carbocycles. The van der Waals surface area contributed by atoms with Crippen LogP contribution in [-0.4, -0.2) is 40.9 Å². The van der Waals surface area contributed by atoms with Crippen LogP contribution in [0.2, 0.25) is 0 Å². The number of phenolic OH excluding ortho intramolecular Hbond substituents is 8. The van der Waals surface area contributed by atoms with Crippen molar-refractivity contribution in [2.45, 2.75) is 0 Å². The molecule has 258 valence electrons. The van der Waals surface area contributed by atoms with Gasteiger partial charge in [0.25, 0.3) is 0 Å². The first kappa shape index (κ1) is 31.5. The zero-order valence-electron chi connectivity index (χ0n) is 27.5. The highest BCUT2D eigenvalue weighted by molar-refractivity contribution is 6.31. The van der Waals surface area contributed by atoms with Crippen molar-refractivity contribution >= 4 is 43.5 Å². The van der Waals surface area contributed by atoms with E-state index >= 15 is 0 Å². The molecule has 8 N–H and O–H groups in total. The van der Waals surface area contributed by atoms with E-state index in [2.05, 4.69) is 0 Å². The van der Waals surface area contributed by atoms with Gasteiger partial charge in [0.05, 0.1) is 0 Å². The van der Waals surface area contributed by atoms with Gasteiger partial charge in [-0.15, -0.1) is 0 Å². The zero-order valence-corrected chi connectivity index (χ0v) is 27.5. The number of hydrogen-bond acceptors (Lipinski definition) is 9. The van der Waals surface area contributed by atoms with Gasteiger partial charge in [0.2, 0.25) is 23.0 Å². The van der Waals surface area contributed by atoms with E-state index in [1.54, 1.807) is 48.5 Å². The Labute approximate surface area is 300 Å². The third-order valence-corrected chi connectivity index (χ3v) is 9.90. The number of hydrogen-bond donors (Lipinski definition) is 8. The first-order valence-corrected chi connectivity index (χ1v) is 16.6. The van der Waals surface area contributed by atoms with Crippen LogP contribution >= 0.6 is 0 Å². The van der Waals surface area contributed by atoms with Crippen molar-refractivity contribution in [3.8, 4) is 90.5 Å². The summed E-state index contributed by atoms with van der Waals surface area (Å²) in [6, 6.07) is 36.6. The summed E-state index contributed by atoms with van der Waals surface area (Å²) in [4.78, 5) is 0. The van der Waals surface area contributed by atoms with Crippen LogP contribution in [0.15, 0.2) is 126 Å². The molecule has 0 aliphatic heterocycles. The molecule has 0 saturated heterocycles. The van der Waals surface area contributed by atoms with E-state index < -0.39 is 46.0 Å². The molecule has 1 aromatic heterocycles. The second-order valence-electron chi connectivity index (χ2n) is 12.8. The van der Waals surface area contributed by atoms with Gasteiger partial charge in [-0.05, 0) is 63.7 Å². The molecule has 9 heteroatoms. The fourth-order valence-electron chi connectivity index (χ4n) is 7.53. The van der Waals surface area contributed by atoms with Crippen molar-refractivity contribution in [3.63, 3.8) is 0 Å². The van der Waals surface area contributed by atoms with Crippen LogP contribution in [0.25, 0.3) is 88.0 Å². The maximum atomic E-state index is 11.8. The largest absolute Gasteiger partial charge is 0.504 e. The molecule has 0 aliphatic carbocycles. The summed E-state index contributed by atoms with van der Waals surface area (Å²) in [7, 11) is 0. The summed E-state index contributed by atoms with van der Waals surface area (Å²) in [6.45, 7) is 0. The van der Waals surface area contributed by atoms with E-state index in [-0.39, 0.29) is 32.7 Å². The number of fused-ring (bicyclic) bond motifs is 5. The third-order valence-electron chi connectivity index (χ3n) is 9.90. The number of para-hydroxylation sites is 1. The normalized spacial score (nSPS) is 11.6. The summed E-state index contributed by atoms with van der Waals surface area (Å²) in [5, 5.41) is 91.8. The molecule has 0 atom stereocenters. The van der Waals surface area contributed by atoms with Crippen molar-refractivity contribution in [1.82, 2.24) is 0 Å². The molecule has 53 heavy (non-hydrogen) atoms. The molecular formula is C44H28O9. The molecule has 0 spiro atoms. The number of furan rings is 1. The van der Waals surface area contributed by atoms with E-state index in [4.69, 9.17) is 4.42 Å². The number of rotatable bonds is 4. The quantitative estimate of drug-likeness (QED) is 0.0504. The topological polar surface area (TPSA) is 175 Å². The van der Waals surface area contributed by atoms with Gasteiger partial charge >= 0.3 is 0 Å². The fourth-order valence-corrected chi connectivity index (χ4v) is 7.53. The van der Waals surface area contributed by atoms with Crippen LogP contribution in [0.4, 0.5) is 0 Å². The molecule has 0 aliphatic rings. The van der Waals surface area contributed by atoms with Crippen LogP contribution in [0.5, 0.6) is 46.0 Å². The lowest BCUT2D eigenvalue weighted by Crippen LogP contribution is -1.95. The van der Waals surface area contributed by atoms with Crippen molar-refractivity contribution in [2.75, 3.05) is 0 Å². The minimum absolute atomic E-state index is 0.0378. The molecule has 0 amide bonds. The van der Waals surface area contributed by atoms with Gasteiger partial charge < -0.3 is 45.3 Å². The molecule has 0 fully saturated rings. The second kappa shape index (κ2) is 11.5. The molecule has 0 bridgehead atoms. The van der Waals surface area contributed by atoms with Gasteiger partial charge in [0.15, 0.2) is 23.0 Å². The maximum Gasteiger partial charge on any atom is 0.204 e. The lowest BCUT2D eigenvalue weighted by molar-refractivity contribution is 0.350. The number of benzene rings is 8. The highest BCUT2D eigenvalue weighted by Crippen LogP contribution is 2.62. The van der Waals surface area contributed by atoms with Crippen molar-refractivity contribution < 1.29 is 45.3 Å². The summed E-state index contributed by atoms with van der Waals surface area (Å²) in [5.74, 6) is -7.57. The average molecular weight is 701 g/mol. The minimum atomic E-state index is -1.04. The monoisotopic (exact) mass is 700 g/mol. The van der Waals surface area contributed by atoms with E-state index in [9.17, 15) is 40.9 Å². The SMILES string of the molecule is Oc1c(O)c(O)c2c(-c3cccc4oc5ccccc5c34)c3c(O)c(O)c(O)c(O)c3c(-c3cc(-c4ccccc4)cc(-c4ccccc4)c3)c2c1O. The van der Waals surface area contributed by atoms with Crippen molar-refractivity contribution in [2.24, 2.45) is 0 Å². The lowest BCUT2D eigenvalue weighted by Gasteiger charge is -2.23. The Balaban J connectivity index is 1.56. The number of phenols is 8. The van der Waals surface area contributed by atoms with Crippen molar-refractivity contribution in [1.29, 1.82) is 0 Å². The van der Waals surface area contributed by atoms with Gasteiger partial charge in [-0.25, -0.2) is 0 Å². The molecule has 1 heterocycles. The fraction of sp³-hybridized carbons (Fsp3) is 0. The van der Waals surface area contributed by atoms with Crippen molar-refractivity contribution in [3.05, 3.63) is 121 Å². The Morgan fingerprint density at radius 2 is 0.717 bits per heavy atom. The maximum absolute atomic E-state index is 11.8. The predicted molar refractivity (Wildman–Crippen MR) is 204 cm³/mol. The van der Waals surface area contributed by atoms with Gasteiger partial charge in [0.1, 0.15) is 11.2 Å². The standard InChI is InChI=1S/C44H28O9/c45-37-33-30(25-19-23(21-10-3-1-4-11-21)18-24(20-25)22-12-5-2-6-13-22)34-36(40(48)44(52)42(50)38(34)46)32(35(33)39(47)43(51)41(37)49)27-15-9-17-29-31(27)26-14-7-8-16-28(26)53-29/h1-20,45-52H. The summed E-state index contributed by atoms with van der Waals surface area (Å²) in [6.07, 6.45) is 0. The minimum Gasteiger partial charge on any atom is -0.504 e. The predicted octanol–water partition coefficient (Wildman–Crippen LogP) is 10.2. The molecular weight excluding hydrogens is 672 g/mol. The molecule has 0 unspecified atom stereocenters. The van der Waals surface area contributed by atoms with Crippen LogP contribution in [0, 0.1) is 0 Å². The highest BCUT2D eigenvalue weighted by Gasteiger charge is 2.33. The summed E-state index contributed by atoms with van der Waals surface area (Å²) in [5.41, 5.74) is 4.51. The number of aromatic hydroxyl groups is 8. The van der Waals surface area contributed by atoms with E-state index in [0.717, 1.165) is 11.1 Å². The van der Waals surface area contributed by atoms with E-state index in [1.807, 2.05) is 72.8 Å². The Hall–Kier alpha value is -7.52. The van der Waals surface area contributed by atoms with Gasteiger partial charge in [-0.2, -0.15) is 0 Å². The van der Waals surface area contributed by atoms with Gasteiger partial charge in [-0.1, -0.05) is 91.0 Å². The first-order chi connectivity index (χ1) is 25.7. The molecule has 9 nitrogen and oxygen atoms in total. The highest BCUT2D eigenvalue weighted by atomic mass is 16.4. The van der Waals surface area contributed by atoms with Crippen LogP contribution in [0.1, 0.15) is 0 Å². The Morgan fingerprint density at radius 1 is 0.302 bits per heavy atom. The summed E-state index contributed by atoms with van der Waals surface area (Å²) >= 11 is 0. The summed E-state index contributed by atoms with van der Waals surface area (Å²) < 4.78 is 6.13. The van der Waals surface area contributed by atoms with E-state index in [1.165, 1.54) is 0 Å². The van der Waals surface area contributed by atoms with Crippen LogP contribution in [-0.2, 0) is 0 Å². The molecule has 0 saturated carbocycles. The first-order valence-electron chi connectivity index (χ1n) is 16.6. The molecule has 0 radical (unpaired) electrons. The molecule has 9 rings (SSSR count). The van der Waals surface area contributed by atoms with Crippen LogP contribution in [0.3, 0.4) is 0 Å². The lowest BCUT2D eigenvalue weighted by atomic mass is 9.81. The van der Waals surface area contributed by atoms with Crippen LogP contribution < -0.4 is 0 Å².